The molecule has 6 heteroatoms. The van der Waals surface area contributed by atoms with Crippen molar-refractivity contribution in [2.24, 2.45) is 0 Å². The number of hydrogen-bond donors (Lipinski definition) is 1. The topological polar surface area (TPSA) is 49.4 Å². The largest absolute Gasteiger partial charge is 0.354 e. The van der Waals surface area contributed by atoms with Gasteiger partial charge < -0.3 is 10.2 Å². The first-order valence-corrected chi connectivity index (χ1v) is 7.56. The van der Waals surface area contributed by atoms with E-state index in [4.69, 9.17) is 0 Å². The van der Waals surface area contributed by atoms with Crippen molar-refractivity contribution in [3.63, 3.8) is 0 Å². The minimum absolute atomic E-state index is 0.000914. The van der Waals surface area contributed by atoms with Crippen molar-refractivity contribution < 1.29 is 14.0 Å². The molecular formula is C14H17FN2O2S. The van der Waals surface area contributed by atoms with Gasteiger partial charge in [-0.2, -0.15) is 0 Å². The Kier molecular flexibility index (Phi) is 5.40. The summed E-state index contributed by atoms with van der Waals surface area (Å²) in [7, 11) is 0. The van der Waals surface area contributed by atoms with Crippen molar-refractivity contribution in [1.82, 2.24) is 10.2 Å². The summed E-state index contributed by atoms with van der Waals surface area (Å²) in [5.74, 6) is 0.465. The lowest BCUT2D eigenvalue weighted by molar-refractivity contribution is -0.130. The maximum atomic E-state index is 12.7. The number of thioether (sulfide) groups is 1. The average molecular weight is 296 g/mol. The number of nitrogens with one attached hydrogen (secondary N) is 1. The monoisotopic (exact) mass is 296 g/mol. The van der Waals surface area contributed by atoms with Gasteiger partial charge in [0, 0.05) is 43.1 Å². The molecule has 1 fully saturated rings. The molecule has 0 aliphatic carbocycles. The third-order valence-electron chi connectivity index (χ3n) is 3.06. The van der Waals surface area contributed by atoms with Crippen LogP contribution in [0.5, 0.6) is 0 Å². The van der Waals surface area contributed by atoms with Crippen LogP contribution in [0.1, 0.15) is 12.8 Å². The van der Waals surface area contributed by atoms with Gasteiger partial charge in [0.05, 0.1) is 0 Å². The van der Waals surface area contributed by atoms with Gasteiger partial charge in [-0.3, -0.25) is 9.59 Å². The van der Waals surface area contributed by atoms with Gasteiger partial charge in [-0.05, 0) is 24.3 Å². The molecule has 108 valence electrons. The van der Waals surface area contributed by atoms with E-state index in [1.807, 2.05) is 0 Å². The van der Waals surface area contributed by atoms with Crippen molar-refractivity contribution in [3.05, 3.63) is 30.1 Å². The highest BCUT2D eigenvalue weighted by Crippen LogP contribution is 2.19. The molecule has 0 bridgehead atoms. The molecule has 20 heavy (non-hydrogen) atoms. The Morgan fingerprint density at radius 1 is 1.30 bits per heavy atom. The zero-order valence-corrected chi connectivity index (χ0v) is 11.9. The second-order valence-corrected chi connectivity index (χ2v) is 5.70. The van der Waals surface area contributed by atoms with Crippen LogP contribution in [-0.2, 0) is 9.59 Å². The first-order chi connectivity index (χ1) is 9.65. The number of hydrogen-bond acceptors (Lipinski definition) is 3. The Morgan fingerprint density at radius 2 is 2.05 bits per heavy atom. The van der Waals surface area contributed by atoms with Crippen LogP contribution in [-0.4, -0.2) is 42.1 Å². The third-order valence-corrected chi connectivity index (χ3v) is 4.08. The van der Waals surface area contributed by atoms with Crippen molar-refractivity contribution >= 4 is 23.6 Å². The second-order valence-electron chi connectivity index (χ2n) is 4.53. The summed E-state index contributed by atoms with van der Waals surface area (Å²) in [6.07, 6.45) is 0.799. The van der Waals surface area contributed by atoms with Crippen LogP contribution < -0.4 is 5.32 Å². The molecule has 0 radical (unpaired) electrons. The zero-order valence-electron chi connectivity index (χ0n) is 11.1. The molecule has 1 N–H and O–H groups in total. The first kappa shape index (κ1) is 14.8. The molecule has 1 aromatic rings. The van der Waals surface area contributed by atoms with E-state index in [1.54, 1.807) is 17.0 Å². The number of carbonyl (C=O) groups is 2. The Labute approximate surface area is 121 Å². The first-order valence-electron chi connectivity index (χ1n) is 6.58. The Morgan fingerprint density at radius 3 is 2.80 bits per heavy atom. The average Bonchev–Trinajstić information content (AvgIpc) is 2.66. The minimum Gasteiger partial charge on any atom is -0.354 e. The number of carbonyl (C=O) groups excluding carboxylic acids is 2. The standard InChI is InChI=1S/C14H17FN2O2S/c15-11-1-3-12(4-2-11)20-10-6-14(19)17-8-5-13(18)16-7-9-17/h1-4H,5-10H2,(H,16,18). The van der Waals surface area contributed by atoms with E-state index < -0.39 is 0 Å². The fourth-order valence-electron chi connectivity index (χ4n) is 1.96. The molecule has 1 aromatic carbocycles. The summed E-state index contributed by atoms with van der Waals surface area (Å²) in [4.78, 5) is 25.9. The summed E-state index contributed by atoms with van der Waals surface area (Å²) in [6.45, 7) is 1.59. The van der Waals surface area contributed by atoms with Crippen LogP contribution in [0, 0.1) is 5.82 Å². The number of nitrogens with zero attached hydrogens (tertiary/aromatic N) is 1. The van der Waals surface area contributed by atoms with Gasteiger partial charge in [0.2, 0.25) is 11.8 Å². The number of rotatable bonds is 4. The summed E-state index contributed by atoms with van der Waals surface area (Å²) >= 11 is 1.53. The lowest BCUT2D eigenvalue weighted by Crippen LogP contribution is -2.34. The predicted octanol–water partition coefficient (Wildman–Crippen LogP) is 1.66. The van der Waals surface area contributed by atoms with Crippen LogP contribution in [0.3, 0.4) is 0 Å². The summed E-state index contributed by atoms with van der Waals surface area (Å²) in [5, 5.41) is 2.74. The van der Waals surface area contributed by atoms with Crippen molar-refractivity contribution in [2.75, 3.05) is 25.4 Å². The van der Waals surface area contributed by atoms with Gasteiger partial charge in [-0.15, -0.1) is 11.8 Å². The second kappa shape index (κ2) is 7.28. The number of amides is 2. The van der Waals surface area contributed by atoms with Crippen LogP contribution in [0.2, 0.25) is 0 Å². The van der Waals surface area contributed by atoms with Gasteiger partial charge in [-0.25, -0.2) is 4.39 Å². The minimum atomic E-state index is -0.257. The number of halogens is 1. The lowest BCUT2D eigenvalue weighted by atomic mass is 10.3. The number of benzene rings is 1. The van der Waals surface area contributed by atoms with Gasteiger partial charge in [-0.1, -0.05) is 0 Å². The van der Waals surface area contributed by atoms with Crippen LogP contribution >= 0.6 is 11.8 Å². The van der Waals surface area contributed by atoms with E-state index in [1.165, 1.54) is 23.9 Å². The van der Waals surface area contributed by atoms with E-state index in [2.05, 4.69) is 5.32 Å². The molecule has 0 atom stereocenters. The van der Waals surface area contributed by atoms with Crippen LogP contribution in [0.25, 0.3) is 0 Å². The highest BCUT2D eigenvalue weighted by atomic mass is 32.2. The van der Waals surface area contributed by atoms with E-state index in [9.17, 15) is 14.0 Å². The molecule has 1 heterocycles. The van der Waals surface area contributed by atoms with E-state index in [0.717, 1.165) is 4.90 Å². The van der Waals surface area contributed by atoms with Crippen molar-refractivity contribution in [2.45, 2.75) is 17.7 Å². The third kappa shape index (κ3) is 4.52. The van der Waals surface area contributed by atoms with Crippen LogP contribution in [0.4, 0.5) is 4.39 Å². The van der Waals surface area contributed by atoms with E-state index in [-0.39, 0.29) is 17.6 Å². The fraction of sp³-hybridized carbons (Fsp3) is 0.429. The SMILES string of the molecule is O=C1CCN(C(=O)CCSc2ccc(F)cc2)CCN1. The van der Waals surface area contributed by atoms with Crippen LogP contribution in [0.15, 0.2) is 29.2 Å². The molecular weight excluding hydrogens is 279 g/mol. The quantitative estimate of drug-likeness (QED) is 0.860. The maximum Gasteiger partial charge on any atom is 0.223 e. The highest BCUT2D eigenvalue weighted by Gasteiger charge is 2.17. The fourth-order valence-corrected chi connectivity index (χ4v) is 2.80. The van der Waals surface area contributed by atoms with Crippen molar-refractivity contribution in [1.29, 1.82) is 0 Å². The molecule has 1 saturated heterocycles. The Bertz CT molecular complexity index is 479. The van der Waals surface area contributed by atoms with E-state index in [0.29, 0.717) is 38.2 Å². The highest BCUT2D eigenvalue weighted by molar-refractivity contribution is 7.99. The van der Waals surface area contributed by atoms with Crippen molar-refractivity contribution in [3.8, 4) is 0 Å². The molecule has 4 nitrogen and oxygen atoms in total. The van der Waals surface area contributed by atoms with E-state index >= 15 is 0 Å². The summed E-state index contributed by atoms with van der Waals surface area (Å²) < 4.78 is 12.7. The molecule has 1 aliphatic heterocycles. The molecule has 0 spiro atoms. The molecule has 0 unspecified atom stereocenters. The molecule has 1 aliphatic rings. The zero-order chi connectivity index (χ0) is 14.4. The maximum absolute atomic E-state index is 12.7. The van der Waals surface area contributed by atoms with Gasteiger partial charge in [0.15, 0.2) is 0 Å². The smallest absolute Gasteiger partial charge is 0.223 e. The van der Waals surface area contributed by atoms with Gasteiger partial charge in [0.1, 0.15) is 5.82 Å². The normalized spacial score (nSPS) is 15.7. The van der Waals surface area contributed by atoms with Gasteiger partial charge >= 0.3 is 0 Å². The molecule has 2 amide bonds. The summed E-state index contributed by atoms with van der Waals surface area (Å²) in [6, 6.07) is 6.24. The summed E-state index contributed by atoms with van der Waals surface area (Å²) in [5.41, 5.74) is 0. The predicted molar refractivity (Wildman–Crippen MR) is 75.9 cm³/mol. The van der Waals surface area contributed by atoms with Gasteiger partial charge in [0.25, 0.3) is 0 Å². The Hall–Kier alpha value is -1.56. The molecule has 0 saturated carbocycles. The Balaban J connectivity index is 1.74. The molecule has 0 aromatic heterocycles. The lowest BCUT2D eigenvalue weighted by Gasteiger charge is -2.19. The molecule has 2 rings (SSSR count).